The molecule has 0 radical (unpaired) electrons. The van der Waals surface area contributed by atoms with Crippen LogP contribution in [0.25, 0.3) is 0 Å². The first kappa shape index (κ1) is 29.5. The molecule has 4 heterocycles. The van der Waals surface area contributed by atoms with Crippen molar-refractivity contribution in [1.29, 1.82) is 0 Å². The number of hydrogen-bond acceptors (Lipinski definition) is 6. The first-order chi connectivity index (χ1) is 20.0. The van der Waals surface area contributed by atoms with Gasteiger partial charge in [-0.15, -0.1) is 0 Å². The van der Waals surface area contributed by atoms with Crippen molar-refractivity contribution < 1.29 is 28.0 Å². The van der Waals surface area contributed by atoms with Gasteiger partial charge in [0, 0.05) is 49.4 Å². The Labute approximate surface area is 255 Å². The van der Waals surface area contributed by atoms with Crippen LogP contribution in [-0.2, 0) is 24.3 Å². The molecule has 4 aliphatic heterocycles. The van der Waals surface area contributed by atoms with Gasteiger partial charge < -0.3 is 23.8 Å². The first-order valence-corrected chi connectivity index (χ1v) is 16.2. The Morgan fingerprint density at radius 3 is 2.19 bits per heavy atom. The van der Waals surface area contributed by atoms with E-state index in [1.165, 1.54) is 0 Å². The number of piperidine rings is 1. The van der Waals surface area contributed by atoms with Crippen LogP contribution >= 0.6 is 0 Å². The minimum atomic E-state index is -0.721. The summed E-state index contributed by atoms with van der Waals surface area (Å²) in [5, 5.41) is 0. The van der Waals surface area contributed by atoms with Crippen LogP contribution in [-0.4, -0.2) is 90.2 Å². The van der Waals surface area contributed by atoms with Gasteiger partial charge in [-0.25, -0.2) is 9.18 Å². The lowest BCUT2D eigenvalue weighted by molar-refractivity contribution is -0.126. The van der Waals surface area contributed by atoms with Crippen LogP contribution in [0, 0.1) is 5.41 Å². The summed E-state index contributed by atoms with van der Waals surface area (Å²) in [5.74, 6) is 0.129. The average Bonchev–Trinajstić information content (AvgIpc) is 3.49. The SMILES string of the molecule is CC(C)(C)OC(=O)N1CCC2(CC1)C(=O)N(C1CC(N3CC(F)C4(CC4)C3)C1)c1cc(B3OC(C)(C)C(C)(C)O3)ccc12. The van der Waals surface area contributed by atoms with Gasteiger partial charge in [0.05, 0.1) is 16.6 Å². The highest BCUT2D eigenvalue weighted by Gasteiger charge is 2.60. The van der Waals surface area contributed by atoms with Crippen molar-refractivity contribution in [3.63, 3.8) is 0 Å². The van der Waals surface area contributed by atoms with Gasteiger partial charge >= 0.3 is 13.2 Å². The number of fused-ring (bicyclic) bond motifs is 2. The molecule has 10 heteroatoms. The zero-order chi connectivity index (χ0) is 30.7. The Balaban J connectivity index is 1.15. The van der Waals surface area contributed by atoms with Crippen LogP contribution in [0.15, 0.2) is 18.2 Å². The Morgan fingerprint density at radius 1 is 1.00 bits per heavy atom. The van der Waals surface area contributed by atoms with Crippen LogP contribution in [0.1, 0.15) is 92.6 Å². The van der Waals surface area contributed by atoms with Gasteiger partial charge in [-0.3, -0.25) is 9.69 Å². The summed E-state index contributed by atoms with van der Waals surface area (Å²) < 4.78 is 33.1. The van der Waals surface area contributed by atoms with Crippen molar-refractivity contribution in [1.82, 2.24) is 9.80 Å². The molecule has 1 unspecified atom stereocenters. The highest BCUT2D eigenvalue weighted by atomic mass is 19.1. The summed E-state index contributed by atoms with van der Waals surface area (Å²) in [4.78, 5) is 33.5. The molecule has 8 nitrogen and oxygen atoms in total. The van der Waals surface area contributed by atoms with Crippen molar-refractivity contribution in [2.75, 3.05) is 31.1 Å². The minimum absolute atomic E-state index is 0.0712. The molecule has 2 spiro atoms. The molecule has 234 valence electrons. The number of alkyl halides is 1. The van der Waals surface area contributed by atoms with E-state index in [4.69, 9.17) is 14.0 Å². The van der Waals surface area contributed by atoms with Crippen molar-refractivity contribution in [2.24, 2.45) is 5.41 Å². The van der Waals surface area contributed by atoms with Gasteiger partial charge in [0.1, 0.15) is 11.8 Å². The standard InChI is InChI=1S/C33H47BFN3O5/c1-29(2,3)41-28(40)36-14-12-33(13-15-36)24-9-8-21(34-42-30(4,5)31(6,7)43-34)16-25(24)38(27(33)39)23-17-22(18-23)37-19-26(35)32(20-37)10-11-32/h8-9,16,22-23,26H,10-15,17-20H2,1-7H3. The molecule has 2 amide bonds. The second-order valence-electron chi connectivity index (χ2n) is 16.1. The van der Waals surface area contributed by atoms with E-state index < -0.39 is 35.5 Å². The fourth-order valence-electron chi connectivity index (χ4n) is 7.92. The molecule has 2 saturated carbocycles. The van der Waals surface area contributed by atoms with E-state index in [9.17, 15) is 14.0 Å². The number of carbonyl (C=O) groups excluding carboxylic acids is 2. The second-order valence-corrected chi connectivity index (χ2v) is 16.1. The molecular formula is C33H47BFN3O5. The van der Waals surface area contributed by atoms with Crippen molar-refractivity contribution in [3.8, 4) is 0 Å². The Bertz CT molecular complexity index is 1310. The van der Waals surface area contributed by atoms with Crippen molar-refractivity contribution >= 4 is 30.3 Å². The van der Waals surface area contributed by atoms with Crippen molar-refractivity contribution in [3.05, 3.63) is 23.8 Å². The lowest BCUT2D eigenvalue weighted by Crippen LogP contribution is -2.58. The molecule has 43 heavy (non-hydrogen) atoms. The number of carbonyl (C=O) groups is 2. The summed E-state index contributed by atoms with van der Waals surface area (Å²) in [6.07, 6.45) is 3.78. The third kappa shape index (κ3) is 4.64. The average molecular weight is 596 g/mol. The highest BCUT2D eigenvalue weighted by molar-refractivity contribution is 6.62. The smallest absolute Gasteiger partial charge is 0.444 e. The summed E-state index contributed by atoms with van der Waals surface area (Å²) in [7, 11) is -0.521. The molecule has 7 rings (SSSR count). The third-order valence-electron chi connectivity index (χ3n) is 11.7. The zero-order valence-corrected chi connectivity index (χ0v) is 26.9. The van der Waals surface area contributed by atoms with E-state index in [2.05, 4.69) is 17.0 Å². The van der Waals surface area contributed by atoms with Gasteiger partial charge in [0.15, 0.2) is 0 Å². The van der Waals surface area contributed by atoms with Crippen LogP contribution < -0.4 is 10.4 Å². The molecule has 1 aromatic carbocycles. The molecule has 2 aliphatic carbocycles. The van der Waals surface area contributed by atoms with Gasteiger partial charge in [-0.1, -0.05) is 12.1 Å². The van der Waals surface area contributed by atoms with Gasteiger partial charge in [0.25, 0.3) is 0 Å². The Kier molecular flexibility index (Phi) is 6.48. The number of likely N-dealkylation sites (tertiary alicyclic amines) is 2. The van der Waals surface area contributed by atoms with E-state index in [1.807, 2.05) is 59.4 Å². The number of ether oxygens (including phenoxy) is 1. The minimum Gasteiger partial charge on any atom is -0.444 e. The quantitative estimate of drug-likeness (QED) is 0.478. The molecule has 1 atom stereocenters. The summed E-state index contributed by atoms with van der Waals surface area (Å²) in [5.41, 5.74) is 0.610. The fourth-order valence-corrected chi connectivity index (χ4v) is 7.92. The molecule has 0 aromatic heterocycles. The monoisotopic (exact) mass is 595 g/mol. The van der Waals surface area contributed by atoms with Crippen LogP contribution in [0.2, 0.25) is 0 Å². The second kappa shape index (κ2) is 9.43. The Morgan fingerprint density at radius 2 is 1.63 bits per heavy atom. The highest BCUT2D eigenvalue weighted by Crippen LogP contribution is 2.56. The van der Waals surface area contributed by atoms with Gasteiger partial charge in [-0.05, 0) is 104 Å². The van der Waals surface area contributed by atoms with E-state index >= 15 is 0 Å². The van der Waals surface area contributed by atoms with Gasteiger partial charge in [0.2, 0.25) is 5.91 Å². The van der Waals surface area contributed by atoms with Crippen LogP contribution in [0.5, 0.6) is 0 Å². The van der Waals surface area contributed by atoms with E-state index in [0.717, 1.165) is 48.9 Å². The number of halogens is 1. The van der Waals surface area contributed by atoms with Crippen LogP contribution in [0.4, 0.5) is 14.9 Å². The third-order valence-corrected chi connectivity index (χ3v) is 11.7. The molecule has 0 N–H and O–H groups in total. The van der Waals surface area contributed by atoms with Gasteiger partial charge in [-0.2, -0.15) is 0 Å². The predicted molar refractivity (Wildman–Crippen MR) is 163 cm³/mol. The number of amides is 2. The maximum absolute atomic E-state index is 14.7. The molecule has 0 bridgehead atoms. The largest absolute Gasteiger partial charge is 0.494 e. The molecule has 6 aliphatic rings. The number of benzene rings is 1. The number of hydrogen-bond donors (Lipinski definition) is 0. The molecular weight excluding hydrogens is 548 g/mol. The Hall–Kier alpha value is -2.17. The molecule has 3 saturated heterocycles. The van der Waals surface area contributed by atoms with E-state index in [0.29, 0.717) is 38.5 Å². The topological polar surface area (TPSA) is 71.6 Å². The van der Waals surface area contributed by atoms with E-state index in [1.54, 1.807) is 4.90 Å². The predicted octanol–water partition coefficient (Wildman–Crippen LogP) is 4.57. The zero-order valence-electron chi connectivity index (χ0n) is 26.9. The lowest BCUT2D eigenvalue weighted by Gasteiger charge is -2.46. The first-order valence-electron chi connectivity index (χ1n) is 16.2. The summed E-state index contributed by atoms with van der Waals surface area (Å²) in [6.45, 7) is 16.1. The number of nitrogens with zero attached hydrogens (tertiary/aromatic N) is 3. The normalized spacial score (nSPS) is 32.0. The maximum Gasteiger partial charge on any atom is 0.494 e. The molecule has 1 aromatic rings. The number of anilines is 1. The lowest BCUT2D eigenvalue weighted by atomic mass is 9.71. The molecule has 5 fully saturated rings. The van der Waals surface area contributed by atoms with Crippen molar-refractivity contribution in [2.45, 2.75) is 127 Å². The summed E-state index contributed by atoms with van der Waals surface area (Å²) in [6, 6.07) is 6.63. The van der Waals surface area contributed by atoms with E-state index in [-0.39, 0.29) is 23.5 Å². The number of rotatable bonds is 3. The fraction of sp³-hybridized carbons (Fsp3) is 0.758. The van der Waals surface area contributed by atoms with Crippen LogP contribution in [0.3, 0.4) is 0 Å². The maximum atomic E-state index is 14.7. The summed E-state index contributed by atoms with van der Waals surface area (Å²) >= 11 is 0.